The molecule has 0 saturated heterocycles. The number of hydrogen-bond acceptors (Lipinski definition) is 5. The molecule has 0 saturated carbocycles. The number of thiocarbonyl (C=S) groups is 1. The van der Waals surface area contributed by atoms with Gasteiger partial charge in [-0.25, -0.2) is 9.97 Å². The van der Waals surface area contributed by atoms with E-state index in [1.54, 1.807) is 30.9 Å². The average Bonchev–Trinajstić information content (AvgIpc) is 2.31. The van der Waals surface area contributed by atoms with Crippen molar-refractivity contribution < 1.29 is 0 Å². The second-order valence-corrected chi connectivity index (χ2v) is 3.48. The van der Waals surface area contributed by atoms with Gasteiger partial charge in [0.15, 0.2) is 0 Å². The van der Waals surface area contributed by atoms with Gasteiger partial charge in [0.25, 0.3) is 0 Å². The lowest BCUT2D eigenvalue weighted by Crippen LogP contribution is -2.12. The normalized spacial score (nSPS) is 9.75. The number of aromatic nitrogens is 3. The highest BCUT2D eigenvalue weighted by Gasteiger charge is 2.04. The van der Waals surface area contributed by atoms with Crippen LogP contribution in [0.3, 0.4) is 0 Å². The van der Waals surface area contributed by atoms with Gasteiger partial charge in [-0.2, -0.15) is 0 Å². The number of anilines is 2. The highest BCUT2D eigenvalue weighted by molar-refractivity contribution is 7.80. The molecule has 5 nitrogen and oxygen atoms in total. The molecule has 2 rings (SSSR count). The highest BCUT2D eigenvalue weighted by atomic mass is 32.1. The van der Waals surface area contributed by atoms with E-state index in [0.29, 0.717) is 4.99 Å². The van der Waals surface area contributed by atoms with Gasteiger partial charge in [-0.05, 0) is 6.07 Å². The Morgan fingerprint density at radius 1 is 1.19 bits per heavy atom. The van der Waals surface area contributed by atoms with E-state index in [0.717, 1.165) is 16.9 Å². The third-order valence-corrected chi connectivity index (χ3v) is 2.15. The van der Waals surface area contributed by atoms with Crippen LogP contribution in [-0.2, 0) is 0 Å². The van der Waals surface area contributed by atoms with Gasteiger partial charge in [0.05, 0.1) is 30.0 Å². The summed E-state index contributed by atoms with van der Waals surface area (Å²) >= 11 is 4.94. The van der Waals surface area contributed by atoms with Crippen LogP contribution in [-0.4, -0.2) is 19.9 Å². The molecule has 0 aliphatic carbocycles. The summed E-state index contributed by atoms with van der Waals surface area (Å²) in [5.41, 5.74) is 7.84. The molecule has 0 aliphatic heterocycles. The van der Waals surface area contributed by atoms with Gasteiger partial charge in [-0.1, -0.05) is 12.2 Å². The molecule has 6 heteroatoms. The molecule has 0 aliphatic rings. The number of nitrogens with zero attached hydrogens (tertiary/aromatic N) is 3. The zero-order valence-electron chi connectivity index (χ0n) is 8.29. The van der Waals surface area contributed by atoms with Crippen molar-refractivity contribution in [2.75, 3.05) is 5.32 Å². The van der Waals surface area contributed by atoms with Crippen LogP contribution in [0.15, 0.2) is 37.2 Å². The Bertz CT molecular complexity index is 500. The number of rotatable bonds is 3. The first kappa shape index (κ1) is 10.4. The monoisotopic (exact) mass is 231 g/mol. The van der Waals surface area contributed by atoms with Gasteiger partial charge in [0.1, 0.15) is 11.3 Å². The predicted molar refractivity (Wildman–Crippen MR) is 65.4 cm³/mol. The summed E-state index contributed by atoms with van der Waals surface area (Å²) in [4.78, 5) is 12.1. The summed E-state index contributed by atoms with van der Waals surface area (Å²) in [5.74, 6) is 0. The fourth-order valence-electron chi connectivity index (χ4n) is 1.23. The molecular formula is C10H9N5S. The zero-order chi connectivity index (χ0) is 11.4. The number of pyridine rings is 1. The standard InChI is InChI=1S/C10H9N5S/c11-10(16)8-1-2-12-5-9(8)15-7-3-13-6-14-4-7/h1-6,15H,(H2,11,16). The first-order chi connectivity index (χ1) is 7.77. The first-order valence-corrected chi connectivity index (χ1v) is 4.94. The largest absolute Gasteiger partial charge is 0.389 e. The first-order valence-electron chi connectivity index (χ1n) is 4.53. The summed E-state index contributed by atoms with van der Waals surface area (Å²) in [6.07, 6.45) is 8.07. The molecule has 2 heterocycles. The van der Waals surface area contributed by atoms with Crippen LogP contribution in [0, 0.1) is 0 Å². The van der Waals surface area contributed by atoms with Crippen LogP contribution in [0.5, 0.6) is 0 Å². The SMILES string of the molecule is NC(=S)c1ccncc1Nc1cncnc1. The van der Waals surface area contributed by atoms with Gasteiger partial charge >= 0.3 is 0 Å². The minimum Gasteiger partial charge on any atom is -0.389 e. The van der Waals surface area contributed by atoms with E-state index in [1.807, 2.05) is 0 Å². The summed E-state index contributed by atoms with van der Waals surface area (Å²) in [7, 11) is 0. The third-order valence-electron chi connectivity index (χ3n) is 1.93. The Kier molecular flexibility index (Phi) is 3.02. The van der Waals surface area contributed by atoms with Crippen LogP contribution in [0.1, 0.15) is 5.56 Å². The Morgan fingerprint density at radius 3 is 2.62 bits per heavy atom. The summed E-state index contributed by atoms with van der Waals surface area (Å²) in [5, 5.41) is 3.10. The molecular weight excluding hydrogens is 222 g/mol. The van der Waals surface area contributed by atoms with Crippen LogP contribution in [0.4, 0.5) is 11.4 Å². The maximum absolute atomic E-state index is 5.60. The minimum absolute atomic E-state index is 0.321. The summed E-state index contributed by atoms with van der Waals surface area (Å²) in [6, 6.07) is 1.76. The van der Waals surface area contributed by atoms with E-state index in [4.69, 9.17) is 18.0 Å². The van der Waals surface area contributed by atoms with Crippen molar-refractivity contribution in [1.82, 2.24) is 15.0 Å². The summed E-state index contributed by atoms with van der Waals surface area (Å²) in [6.45, 7) is 0. The molecule has 0 fully saturated rings. The van der Waals surface area contributed by atoms with Crippen molar-refractivity contribution in [1.29, 1.82) is 0 Å². The van der Waals surface area contributed by atoms with Crippen LogP contribution in [0.2, 0.25) is 0 Å². The van der Waals surface area contributed by atoms with E-state index in [-0.39, 0.29) is 0 Å². The van der Waals surface area contributed by atoms with Crippen molar-refractivity contribution in [3.8, 4) is 0 Å². The molecule has 0 amide bonds. The van der Waals surface area contributed by atoms with Gasteiger partial charge in [-0.15, -0.1) is 0 Å². The van der Waals surface area contributed by atoms with Gasteiger partial charge < -0.3 is 11.1 Å². The fraction of sp³-hybridized carbons (Fsp3) is 0. The number of nitrogens with one attached hydrogen (secondary N) is 1. The molecule has 80 valence electrons. The van der Waals surface area contributed by atoms with Crippen molar-refractivity contribution >= 4 is 28.6 Å². The fourth-order valence-corrected chi connectivity index (χ4v) is 1.41. The molecule has 0 radical (unpaired) electrons. The molecule has 0 bridgehead atoms. The molecule has 2 aromatic heterocycles. The highest BCUT2D eigenvalue weighted by Crippen LogP contribution is 2.18. The van der Waals surface area contributed by atoms with Crippen LogP contribution >= 0.6 is 12.2 Å². The second-order valence-electron chi connectivity index (χ2n) is 3.04. The molecule has 3 N–H and O–H groups in total. The molecule has 0 atom stereocenters. The molecule has 0 spiro atoms. The van der Waals surface area contributed by atoms with Crippen molar-refractivity contribution in [3.63, 3.8) is 0 Å². The van der Waals surface area contributed by atoms with Gasteiger partial charge in [0, 0.05) is 11.8 Å². The van der Waals surface area contributed by atoms with Gasteiger partial charge in [-0.3, -0.25) is 4.98 Å². The van der Waals surface area contributed by atoms with Crippen molar-refractivity contribution in [2.24, 2.45) is 5.73 Å². The number of nitrogens with two attached hydrogens (primary N) is 1. The van der Waals surface area contributed by atoms with Gasteiger partial charge in [0.2, 0.25) is 0 Å². The van der Waals surface area contributed by atoms with E-state index in [1.165, 1.54) is 6.33 Å². The van der Waals surface area contributed by atoms with Crippen LogP contribution in [0.25, 0.3) is 0 Å². The lowest BCUT2D eigenvalue weighted by atomic mass is 10.2. The van der Waals surface area contributed by atoms with E-state index in [2.05, 4.69) is 20.3 Å². The number of hydrogen-bond donors (Lipinski definition) is 2. The average molecular weight is 231 g/mol. The lowest BCUT2D eigenvalue weighted by molar-refractivity contribution is 1.17. The zero-order valence-corrected chi connectivity index (χ0v) is 9.11. The maximum atomic E-state index is 5.60. The molecule has 2 aromatic rings. The lowest BCUT2D eigenvalue weighted by Gasteiger charge is -2.09. The van der Waals surface area contributed by atoms with Crippen molar-refractivity contribution in [2.45, 2.75) is 0 Å². The maximum Gasteiger partial charge on any atom is 0.115 e. The minimum atomic E-state index is 0.321. The van der Waals surface area contributed by atoms with E-state index in [9.17, 15) is 0 Å². The molecule has 16 heavy (non-hydrogen) atoms. The van der Waals surface area contributed by atoms with Crippen LogP contribution < -0.4 is 11.1 Å². The Hall–Kier alpha value is -2.08. The van der Waals surface area contributed by atoms with E-state index >= 15 is 0 Å². The summed E-state index contributed by atoms with van der Waals surface area (Å²) < 4.78 is 0. The third kappa shape index (κ3) is 2.29. The second kappa shape index (κ2) is 4.63. The smallest absolute Gasteiger partial charge is 0.115 e. The topological polar surface area (TPSA) is 76.7 Å². The quantitative estimate of drug-likeness (QED) is 0.774. The van der Waals surface area contributed by atoms with Crippen molar-refractivity contribution in [3.05, 3.63) is 42.7 Å². The molecule has 0 aromatic carbocycles. The van der Waals surface area contributed by atoms with E-state index < -0.39 is 0 Å². The Labute approximate surface area is 97.8 Å². The molecule has 0 unspecified atom stereocenters. The Balaban J connectivity index is 2.31. The Morgan fingerprint density at radius 2 is 1.94 bits per heavy atom. The predicted octanol–water partition coefficient (Wildman–Crippen LogP) is 1.25.